The standard InChI is InChI=1S/C19H19F2NO2/c1-12-16(6-3-7-17(12)24-19(20)21)22-18(23)11-13-8-9-14-4-2-5-15(14)10-13/h3,6-10,19H,2,4-5,11H2,1H3,(H,22,23). The molecule has 0 spiro atoms. The van der Waals surface area contributed by atoms with Crippen molar-refractivity contribution in [3.05, 3.63) is 58.7 Å². The summed E-state index contributed by atoms with van der Waals surface area (Å²) < 4.78 is 29.2. The van der Waals surface area contributed by atoms with Crippen LogP contribution >= 0.6 is 0 Å². The molecule has 0 fully saturated rings. The Bertz CT molecular complexity index is 759. The second-order valence-corrected chi connectivity index (χ2v) is 5.99. The highest BCUT2D eigenvalue weighted by atomic mass is 19.3. The van der Waals surface area contributed by atoms with Gasteiger partial charge < -0.3 is 10.1 Å². The summed E-state index contributed by atoms with van der Waals surface area (Å²) in [6.07, 6.45) is 3.60. The Morgan fingerprint density at radius 1 is 1.21 bits per heavy atom. The maximum absolute atomic E-state index is 12.4. The molecule has 0 aliphatic heterocycles. The maximum atomic E-state index is 12.4. The second kappa shape index (κ2) is 6.99. The van der Waals surface area contributed by atoms with E-state index in [1.807, 2.05) is 6.07 Å². The normalized spacial score (nSPS) is 13.0. The minimum Gasteiger partial charge on any atom is -0.434 e. The minimum atomic E-state index is -2.89. The van der Waals surface area contributed by atoms with Crippen LogP contribution in [0.5, 0.6) is 5.75 Å². The van der Waals surface area contributed by atoms with Crippen molar-refractivity contribution in [1.82, 2.24) is 0 Å². The van der Waals surface area contributed by atoms with Crippen molar-refractivity contribution in [2.24, 2.45) is 0 Å². The van der Waals surface area contributed by atoms with Gasteiger partial charge in [-0.15, -0.1) is 0 Å². The highest BCUT2D eigenvalue weighted by molar-refractivity contribution is 5.93. The van der Waals surface area contributed by atoms with Crippen molar-refractivity contribution in [1.29, 1.82) is 0 Å². The van der Waals surface area contributed by atoms with E-state index in [-0.39, 0.29) is 18.1 Å². The van der Waals surface area contributed by atoms with Crippen molar-refractivity contribution in [2.45, 2.75) is 39.2 Å². The fourth-order valence-electron chi connectivity index (χ4n) is 3.09. The summed E-state index contributed by atoms with van der Waals surface area (Å²) in [5.41, 5.74) is 4.63. The van der Waals surface area contributed by atoms with Crippen LogP contribution < -0.4 is 10.1 Å². The Kier molecular flexibility index (Phi) is 4.79. The number of hydrogen-bond acceptors (Lipinski definition) is 2. The Hall–Kier alpha value is -2.43. The summed E-state index contributed by atoms with van der Waals surface area (Å²) >= 11 is 0. The zero-order valence-corrected chi connectivity index (χ0v) is 13.4. The van der Waals surface area contributed by atoms with Crippen molar-refractivity contribution in [3.8, 4) is 5.75 Å². The van der Waals surface area contributed by atoms with Gasteiger partial charge in [-0.3, -0.25) is 4.79 Å². The van der Waals surface area contributed by atoms with E-state index in [0.717, 1.165) is 18.4 Å². The van der Waals surface area contributed by atoms with Gasteiger partial charge in [-0.1, -0.05) is 24.3 Å². The van der Waals surface area contributed by atoms with Crippen LogP contribution in [0.2, 0.25) is 0 Å². The molecular weight excluding hydrogens is 312 g/mol. The summed E-state index contributed by atoms with van der Waals surface area (Å²) in [4.78, 5) is 12.3. The Morgan fingerprint density at radius 3 is 2.79 bits per heavy atom. The Morgan fingerprint density at radius 2 is 2.00 bits per heavy atom. The summed E-state index contributed by atoms with van der Waals surface area (Å²) in [6.45, 7) is -1.25. The summed E-state index contributed by atoms with van der Waals surface area (Å²) in [5, 5.41) is 2.78. The van der Waals surface area contributed by atoms with Crippen molar-refractivity contribution < 1.29 is 18.3 Å². The van der Waals surface area contributed by atoms with Gasteiger partial charge in [-0.05, 0) is 55.0 Å². The third kappa shape index (κ3) is 3.72. The molecule has 0 saturated carbocycles. The predicted octanol–water partition coefficient (Wildman–Crippen LogP) is 4.27. The molecule has 0 saturated heterocycles. The average Bonchev–Trinajstić information content (AvgIpc) is 2.98. The molecule has 1 aliphatic carbocycles. The number of carbonyl (C=O) groups excluding carboxylic acids is 1. The molecule has 1 aliphatic rings. The van der Waals surface area contributed by atoms with Gasteiger partial charge in [0.05, 0.1) is 6.42 Å². The number of carbonyl (C=O) groups is 1. The number of benzene rings is 2. The molecule has 0 radical (unpaired) electrons. The molecule has 0 unspecified atom stereocenters. The molecule has 2 aromatic rings. The monoisotopic (exact) mass is 331 g/mol. The second-order valence-electron chi connectivity index (χ2n) is 5.99. The molecule has 0 bridgehead atoms. The number of hydrogen-bond donors (Lipinski definition) is 1. The van der Waals surface area contributed by atoms with E-state index in [1.54, 1.807) is 19.1 Å². The number of fused-ring (bicyclic) bond motifs is 1. The third-order valence-corrected chi connectivity index (χ3v) is 4.30. The molecule has 5 heteroatoms. The summed E-state index contributed by atoms with van der Waals surface area (Å²) in [7, 11) is 0. The smallest absolute Gasteiger partial charge is 0.387 e. The number of aryl methyl sites for hydroxylation is 2. The minimum absolute atomic E-state index is 0.0698. The number of nitrogens with one attached hydrogen (secondary N) is 1. The summed E-state index contributed by atoms with van der Waals surface area (Å²) in [5.74, 6) is -0.106. The molecule has 3 rings (SSSR count). The van der Waals surface area contributed by atoms with E-state index in [0.29, 0.717) is 11.3 Å². The topological polar surface area (TPSA) is 38.3 Å². The average molecular weight is 331 g/mol. The van der Waals surface area contributed by atoms with E-state index in [4.69, 9.17) is 0 Å². The zero-order valence-electron chi connectivity index (χ0n) is 13.4. The van der Waals surface area contributed by atoms with Gasteiger partial charge in [0.15, 0.2) is 0 Å². The fraction of sp³-hybridized carbons (Fsp3) is 0.316. The Labute approximate surface area is 139 Å². The van der Waals surface area contributed by atoms with Crippen LogP contribution in [-0.2, 0) is 24.1 Å². The highest BCUT2D eigenvalue weighted by Gasteiger charge is 2.14. The van der Waals surface area contributed by atoms with E-state index in [9.17, 15) is 13.6 Å². The van der Waals surface area contributed by atoms with Crippen LogP contribution in [0.4, 0.5) is 14.5 Å². The van der Waals surface area contributed by atoms with Gasteiger partial charge in [-0.2, -0.15) is 8.78 Å². The van der Waals surface area contributed by atoms with Gasteiger partial charge in [0, 0.05) is 11.3 Å². The largest absolute Gasteiger partial charge is 0.434 e. The lowest BCUT2D eigenvalue weighted by molar-refractivity contribution is -0.115. The predicted molar refractivity (Wildman–Crippen MR) is 88.6 cm³/mol. The van der Waals surface area contributed by atoms with Gasteiger partial charge >= 0.3 is 6.61 Å². The maximum Gasteiger partial charge on any atom is 0.387 e. The van der Waals surface area contributed by atoms with E-state index in [2.05, 4.69) is 22.2 Å². The lowest BCUT2D eigenvalue weighted by atomic mass is 10.0. The number of anilines is 1. The van der Waals surface area contributed by atoms with Crippen LogP contribution in [0.3, 0.4) is 0 Å². The lowest BCUT2D eigenvalue weighted by Gasteiger charge is -2.13. The first kappa shape index (κ1) is 16.4. The van der Waals surface area contributed by atoms with Crippen LogP contribution in [0.1, 0.15) is 28.7 Å². The highest BCUT2D eigenvalue weighted by Crippen LogP contribution is 2.27. The molecule has 126 valence electrons. The summed E-state index contributed by atoms with van der Waals surface area (Å²) in [6, 6.07) is 10.9. The molecule has 0 atom stereocenters. The molecule has 1 amide bonds. The van der Waals surface area contributed by atoms with Gasteiger partial charge in [-0.25, -0.2) is 0 Å². The zero-order chi connectivity index (χ0) is 17.1. The quantitative estimate of drug-likeness (QED) is 0.889. The van der Waals surface area contributed by atoms with Crippen molar-refractivity contribution >= 4 is 11.6 Å². The fourth-order valence-corrected chi connectivity index (χ4v) is 3.09. The Balaban J connectivity index is 1.69. The number of rotatable bonds is 5. The molecule has 3 nitrogen and oxygen atoms in total. The molecular formula is C19H19F2NO2. The first-order valence-corrected chi connectivity index (χ1v) is 7.98. The molecule has 0 heterocycles. The molecule has 0 aromatic heterocycles. The van der Waals surface area contributed by atoms with E-state index < -0.39 is 6.61 Å². The van der Waals surface area contributed by atoms with Gasteiger partial charge in [0.1, 0.15) is 5.75 Å². The van der Waals surface area contributed by atoms with E-state index >= 15 is 0 Å². The molecule has 24 heavy (non-hydrogen) atoms. The van der Waals surface area contributed by atoms with Crippen LogP contribution in [-0.4, -0.2) is 12.5 Å². The SMILES string of the molecule is Cc1c(NC(=O)Cc2ccc3c(c2)CCC3)cccc1OC(F)F. The van der Waals surface area contributed by atoms with E-state index in [1.165, 1.54) is 23.6 Å². The number of halogens is 2. The van der Waals surface area contributed by atoms with Gasteiger partial charge in [0.25, 0.3) is 0 Å². The number of amides is 1. The van der Waals surface area contributed by atoms with Crippen LogP contribution in [0, 0.1) is 6.92 Å². The van der Waals surface area contributed by atoms with Gasteiger partial charge in [0.2, 0.25) is 5.91 Å². The van der Waals surface area contributed by atoms with Crippen molar-refractivity contribution in [2.75, 3.05) is 5.32 Å². The molecule has 2 aromatic carbocycles. The number of alkyl halides is 2. The third-order valence-electron chi connectivity index (χ3n) is 4.30. The molecule has 1 N–H and O–H groups in total. The lowest BCUT2D eigenvalue weighted by Crippen LogP contribution is -2.16. The first-order chi connectivity index (χ1) is 11.5. The number of ether oxygens (including phenoxy) is 1. The first-order valence-electron chi connectivity index (χ1n) is 7.98. The van der Waals surface area contributed by atoms with Crippen LogP contribution in [0.25, 0.3) is 0 Å². The van der Waals surface area contributed by atoms with Crippen LogP contribution in [0.15, 0.2) is 36.4 Å². The van der Waals surface area contributed by atoms with Crippen molar-refractivity contribution in [3.63, 3.8) is 0 Å².